The van der Waals surface area contributed by atoms with Crippen LogP contribution in [0.1, 0.15) is 20.3 Å². The van der Waals surface area contributed by atoms with Crippen LogP contribution in [0, 0.1) is 11.8 Å². The highest BCUT2D eigenvalue weighted by atomic mass is 32.2. The van der Waals surface area contributed by atoms with Gasteiger partial charge in [0.2, 0.25) is 10.0 Å². The van der Waals surface area contributed by atoms with Crippen LogP contribution in [0.2, 0.25) is 0 Å². The third-order valence-corrected chi connectivity index (χ3v) is 5.45. The number of rotatable bonds is 3. The lowest BCUT2D eigenvalue weighted by molar-refractivity contribution is 0.388. The average Bonchev–Trinajstić information content (AvgIpc) is 2.79. The van der Waals surface area contributed by atoms with E-state index in [9.17, 15) is 13.5 Å². The third-order valence-electron chi connectivity index (χ3n) is 3.59. The SMILES string of the molecule is CC(C)C1CCN(S(=O)(=O)c2cccc(O)c2)C1. The summed E-state index contributed by atoms with van der Waals surface area (Å²) in [6.07, 6.45) is 0.912. The Morgan fingerprint density at radius 1 is 1.39 bits per heavy atom. The number of hydrogen-bond acceptors (Lipinski definition) is 3. The van der Waals surface area contributed by atoms with Crippen molar-refractivity contribution in [2.45, 2.75) is 25.2 Å². The van der Waals surface area contributed by atoms with Crippen LogP contribution in [0.5, 0.6) is 5.75 Å². The van der Waals surface area contributed by atoms with Crippen molar-refractivity contribution in [3.05, 3.63) is 24.3 Å². The van der Waals surface area contributed by atoms with Gasteiger partial charge < -0.3 is 5.11 Å². The molecule has 1 heterocycles. The monoisotopic (exact) mass is 269 g/mol. The summed E-state index contributed by atoms with van der Waals surface area (Å²) in [7, 11) is -3.45. The summed E-state index contributed by atoms with van der Waals surface area (Å²) < 4.78 is 26.3. The number of sulfonamides is 1. The molecular weight excluding hydrogens is 250 g/mol. The van der Waals surface area contributed by atoms with Gasteiger partial charge >= 0.3 is 0 Å². The third kappa shape index (κ3) is 2.52. The summed E-state index contributed by atoms with van der Waals surface area (Å²) in [5, 5.41) is 9.38. The molecule has 1 fully saturated rings. The Hall–Kier alpha value is -1.07. The van der Waals surface area contributed by atoms with Crippen LogP contribution >= 0.6 is 0 Å². The molecule has 18 heavy (non-hydrogen) atoms. The van der Waals surface area contributed by atoms with E-state index in [1.165, 1.54) is 22.5 Å². The Labute approximate surface area is 108 Å². The highest BCUT2D eigenvalue weighted by Crippen LogP contribution is 2.29. The first kappa shape index (κ1) is 13.4. The molecular formula is C13H19NO3S. The van der Waals surface area contributed by atoms with Crippen molar-refractivity contribution in [2.24, 2.45) is 11.8 Å². The molecule has 1 atom stereocenters. The van der Waals surface area contributed by atoms with Gasteiger partial charge in [-0.1, -0.05) is 19.9 Å². The fourth-order valence-electron chi connectivity index (χ4n) is 2.31. The molecule has 1 aliphatic heterocycles. The molecule has 0 bridgehead atoms. The largest absolute Gasteiger partial charge is 0.508 e. The van der Waals surface area contributed by atoms with Crippen LogP contribution in [0.25, 0.3) is 0 Å². The number of phenols is 1. The lowest BCUT2D eigenvalue weighted by Gasteiger charge is -2.18. The van der Waals surface area contributed by atoms with Gasteiger partial charge in [-0.15, -0.1) is 0 Å². The van der Waals surface area contributed by atoms with E-state index < -0.39 is 10.0 Å². The van der Waals surface area contributed by atoms with Crippen molar-refractivity contribution in [3.8, 4) is 5.75 Å². The average molecular weight is 269 g/mol. The van der Waals surface area contributed by atoms with Crippen molar-refractivity contribution in [3.63, 3.8) is 0 Å². The van der Waals surface area contributed by atoms with Crippen LogP contribution in [0.15, 0.2) is 29.2 Å². The first-order valence-corrected chi connectivity index (χ1v) is 7.64. The minimum Gasteiger partial charge on any atom is -0.508 e. The lowest BCUT2D eigenvalue weighted by Crippen LogP contribution is -2.29. The topological polar surface area (TPSA) is 57.6 Å². The van der Waals surface area contributed by atoms with Gasteiger partial charge in [-0.3, -0.25) is 0 Å². The quantitative estimate of drug-likeness (QED) is 0.913. The highest BCUT2D eigenvalue weighted by Gasteiger charge is 2.33. The summed E-state index contributed by atoms with van der Waals surface area (Å²) in [5.41, 5.74) is 0. The van der Waals surface area contributed by atoms with Crippen molar-refractivity contribution in [1.29, 1.82) is 0 Å². The zero-order valence-corrected chi connectivity index (χ0v) is 11.5. The second-order valence-electron chi connectivity index (χ2n) is 5.15. The molecule has 0 amide bonds. The fraction of sp³-hybridized carbons (Fsp3) is 0.538. The van der Waals surface area contributed by atoms with Crippen LogP contribution in [0.4, 0.5) is 0 Å². The van der Waals surface area contributed by atoms with Crippen LogP contribution in [-0.2, 0) is 10.0 Å². The molecule has 1 aromatic carbocycles. The Kier molecular flexibility index (Phi) is 3.64. The van der Waals surface area contributed by atoms with Gasteiger partial charge in [0.25, 0.3) is 0 Å². The number of benzene rings is 1. The van der Waals surface area contributed by atoms with Crippen molar-refractivity contribution in [1.82, 2.24) is 4.31 Å². The zero-order chi connectivity index (χ0) is 13.3. The molecule has 0 saturated carbocycles. The molecule has 1 aromatic rings. The minimum atomic E-state index is -3.45. The minimum absolute atomic E-state index is 0.0179. The Morgan fingerprint density at radius 2 is 2.11 bits per heavy atom. The molecule has 0 spiro atoms. The zero-order valence-electron chi connectivity index (χ0n) is 10.7. The van der Waals surface area contributed by atoms with Gasteiger partial charge in [0.05, 0.1) is 4.90 Å². The first-order valence-electron chi connectivity index (χ1n) is 6.20. The molecule has 0 radical (unpaired) electrons. The van der Waals surface area contributed by atoms with Crippen molar-refractivity contribution in [2.75, 3.05) is 13.1 Å². The van der Waals surface area contributed by atoms with Crippen molar-refractivity contribution >= 4 is 10.0 Å². The maximum absolute atomic E-state index is 12.4. The van der Waals surface area contributed by atoms with E-state index >= 15 is 0 Å². The predicted molar refractivity (Wildman–Crippen MR) is 69.8 cm³/mol. The molecule has 0 aromatic heterocycles. The maximum Gasteiger partial charge on any atom is 0.243 e. The summed E-state index contributed by atoms with van der Waals surface area (Å²) in [6.45, 7) is 5.39. The summed E-state index contributed by atoms with van der Waals surface area (Å²) in [6, 6.07) is 5.86. The van der Waals surface area contributed by atoms with Gasteiger partial charge in [-0.25, -0.2) is 8.42 Å². The fourth-order valence-corrected chi connectivity index (χ4v) is 3.86. The number of phenolic OH excluding ortho intramolecular Hbond substituents is 1. The van der Waals surface area contributed by atoms with Crippen molar-refractivity contribution < 1.29 is 13.5 Å². The standard InChI is InChI=1S/C13H19NO3S/c1-10(2)11-6-7-14(9-11)18(16,17)13-5-3-4-12(15)8-13/h3-5,8,10-11,15H,6-7,9H2,1-2H3. The summed E-state index contributed by atoms with van der Waals surface area (Å²) in [4.78, 5) is 0.173. The molecule has 4 nitrogen and oxygen atoms in total. The number of hydrogen-bond donors (Lipinski definition) is 1. The smallest absolute Gasteiger partial charge is 0.243 e. The molecule has 2 rings (SSSR count). The van der Waals surface area contributed by atoms with Gasteiger partial charge in [0, 0.05) is 13.1 Å². The molecule has 1 saturated heterocycles. The van der Waals surface area contributed by atoms with E-state index in [0.29, 0.717) is 24.9 Å². The number of aromatic hydroxyl groups is 1. The van der Waals surface area contributed by atoms with E-state index in [1.54, 1.807) is 6.07 Å². The first-order chi connectivity index (χ1) is 8.41. The van der Waals surface area contributed by atoms with Gasteiger partial charge in [-0.05, 0) is 36.5 Å². The van der Waals surface area contributed by atoms with E-state index in [0.717, 1.165) is 6.42 Å². The molecule has 0 aliphatic carbocycles. The van der Waals surface area contributed by atoms with Crippen LogP contribution in [-0.4, -0.2) is 30.9 Å². The summed E-state index contributed by atoms with van der Waals surface area (Å²) >= 11 is 0. The van der Waals surface area contributed by atoms with E-state index in [1.807, 2.05) is 0 Å². The molecule has 1 N–H and O–H groups in total. The van der Waals surface area contributed by atoms with E-state index in [-0.39, 0.29) is 10.6 Å². The molecule has 100 valence electrons. The highest BCUT2D eigenvalue weighted by molar-refractivity contribution is 7.89. The molecule has 1 aliphatic rings. The normalized spacial score (nSPS) is 21.6. The van der Waals surface area contributed by atoms with Gasteiger partial charge in [0.1, 0.15) is 5.75 Å². The Balaban J connectivity index is 2.23. The van der Waals surface area contributed by atoms with Gasteiger partial charge in [-0.2, -0.15) is 4.31 Å². The maximum atomic E-state index is 12.4. The molecule has 1 unspecified atom stereocenters. The lowest BCUT2D eigenvalue weighted by atomic mass is 9.96. The second-order valence-corrected chi connectivity index (χ2v) is 7.09. The van der Waals surface area contributed by atoms with Gasteiger partial charge in [0.15, 0.2) is 0 Å². The Morgan fingerprint density at radius 3 is 2.67 bits per heavy atom. The summed E-state index contributed by atoms with van der Waals surface area (Å²) in [5.74, 6) is 0.905. The van der Waals surface area contributed by atoms with E-state index in [2.05, 4.69) is 13.8 Å². The van der Waals surface area contributed by atoms with Crippen LogP contribution < -0.4 is 0 Å². The van der Waals surface area contributed by atoms with E-state index in [4.69, 9.17) is 0 Å². The molecule has 5 heteroatoms. The second kappa shape index (κ2) is 4.90. The Bertz CT molecular complexity index is 525. The number of nitrogens with zero attached hydrogens (tertiary/aromatic N) is 1. The van der Waals surface area contributed by atoms with Crippen LogP contribution in [0.3, 0.4) is 0 Å². The predicted octanol–water partition coefficient (Wildman–Crippen LogP) is 2.06.